The molecule has 0 saturated carbocycles. The molecule has 3 heteroatoms. The summed E-state index contributed by atoms with van der Waals surface area (Å²) in [5.74, 6) is 0. The molecule has 0 N–H and O–H groups in total. The maximum atomic E-state index is 5.33. The third kappa shape index (κ3) is 5.87. The SMILES string of the molecule is c1ccc(-c2c3ccccc3nc3c2ccc2ccc(-c4ccc5cc(-c6cc(-c7ccc8ccccc8c7)cc(-c7ccc8ccccc8c7)n6)ccc5c4)nc23)cc1. The van der Waals surface area contributed by atoms with Gasteiger partial charge >= 0.3 is 0 Å². The molecule has 9 aromatic carbocycles. The quantitative estimate of drug-likeness (QED) is 0.129. The first-order valence-corrected chi connectivity index (χ1v) is 20.4. The summed E-state index contributed by atoms with van der Waals surface area (Å²) in [6.07, 6.45) is 0. The Labute approximate surface area is 346 Å². The summed E-state index contributed by atoms with van der Waals surface area (Å²) in [6.45, 7) is 0. The molecule has 12 rings (SSSR count). The van der Waals surface area contributed by atoms with Gasteiger partial charge in [-0.15, -0.1) is 0 Å². The van der Waals surface area contributed by atoms with Crippen LogP contribution in [-0.2, 0) is 0 Å². The van der Waals surface area contributed by atoms with Gasteiger partial charge in [0.25, 0.3) is 0 Å². The molecule has 3 nitrogen and oxygen atoms in total. The second-order valence-electron chi connectivity index (χ2n) is 15.6. The lowest BCUT2D eigenvalue weighted by atomic mass is 9.95. The summed E-state index contributed by atoms with van der Waals surface area (Å²) in [5.41, 5.74) is 13.5. The molecule has 0 radical (unpaired) electrons. The highest BCUT2D eigenvalue weighted by atomic mass is 14.8. The van der Waals surface area contributed by atoms with E-state index < -0.39 is 0 Å². The van der Waals surface area contributed by atoms with Crippen LogP contribution in [0.1, 0.15) is 0 Å². The maximum Gasteiger partial charge on any atom is 0.0978 e. The number of rotatable bonds is 5. The molecule has 0 fully saturated rings. The normalized spacial score (nSPS) is 11.7. The fraction of sp³-hybridized carbons (Fsp3) is 0. The van der Waals surface area contributed by atoms with Crippen molar-refractivity contribution >= 4 is 65.0 Å². The Kier molecular flexibility index (Phi) is 7.85. The number of benzene rings is 9. The van der Waals surface area contributed by atoms with E-state index in [0.717, 1.165) is 82.8 Å². The smallest absolute Gasteiger partial charge is 0.0978 e. The van der Waals surface area contributed by atoms with E-state index in [1.165, 1.54) is 38.2 Å². The lowest BCUT2D eigenvalue weighted by molar-refractivity contribution is 1.33. The van der Waals surface area contributed by atoms with E-state index in [1.54, 1.807) is 0 Å². The summed E-state index contributed by atoms with van der Waals surface area (Å²) < 4.78 is 0. The lowest BCUT2D eigenvalue weighted by Crippen LogP contribution is -1.93. The highest BCUT2D eigenvalue weighted by Gasteiger charge is 2.16. The van der Waals surface area contributed by atoms with Crippen LogP contribution in [0.2, 0.25) is 0 Å². The molecule has 12 aromatic rings. The Morgan fingerprint density at radius 3 is 1.42 bits per heavy atom. The van der Waals surface area contributed by atoms with Crippen molar-refractivity contribution in [3.63, 3.8) is 0 Å². The van der Waals surface area contributed by atoms with Crippen molar-refractivity contribution in [3.8, 4) is 56.0 Å². The van der Waals surface area contributed by atoms with Gasteiger partial charge in [-0.1, -0.05) is 164 Å². The fourth-order valence-electron chi connectivity index (χ4n) is 8.89. The minimum Gasteiger partial charge on any atom is -0.248 e. The maximum absolute atomic E-state index is 5.33. The number of hydrogen-bond donors (Lipinski definition) is 0. The number of aromatic nitrogens is 3. The van der Waals surface area contributed by atoms with Crippen LogP contribution in [0.4, 0.5) is 0 Å². The molecule has 3 heterocycles. The fourth-order valence-corrected chi connectivity index (χ4v) is 8.89. The Bertz CT molecular complexity index is 3570. The van der Waals surface area contributed by atoms with Crippen LogP contribution >= 0.6 is 0 Å². The van der Waals surface area contributed by atoms with Gasteiger partial charge in [-0.2, -0.15) is 0 Å². The molecular formula is C57H35N3. The predicted molar refractivity (Wildman–Crippen MR) is 252 cm³/mol. The molecule has 60 heavy (non-hydrogen) atoms. The molecule has 3 aromatic heterocycles. The third-order valence-corrected chi connectivity index (χ3v) is 12.0. The topological polar surface area (TPSA) is 38.7 Å². The molecule has 0 saturated heterocycles. The second kappa shape index (κ2) is 13.8. The van der Waals surface area contributed by atoms with Crippen LogP contribution in [0.3, 0.4) is 0 Å². The summed E-state index contributed by atoms with van der Waals surface area (Å²) >= 11 is 0. The van der Waals surface area contributed by atoms with Crippen LogP contribution in [0.25, 0.3) is 121 Å². The third-order valence-electron chi connectivity index (χ3n) is 12.0. The van der Waals surface area contributed by atoms with E-state index in [1.807, 2.05) is 0 Å². The van der Waals surface area contributed by atoms with Gasteiger partial charge < -0.3 is 0 Å². The Morgan fingerprint density at radius 2 is 0.733 bits per heavy atom. The molecule has 0 bridgehead atoms. The van der Waals surface area contributed by atoms with Crippen LogP contribution in [-0.4, -0.2) is 15.0 Å². The second-order valence-corrected chi connectivity index (χ2v) is 15.6. The van der Waals surface area contributed by atoms with Gasteiger partial charge in [-0.3, -0.25) is 0 Å². The first-order valence-electron chi connectivity index (χ1n) is 20.4. The van der Waals surface area contributed by atoms with Crippen molar-refractivity contribution in [2.45, 2.75) is 0 Å². The first-order chi connectivity index (χ1) is 29.7. The van der Waals surface area contributed by atoms with Crippen molar-refractivity contribution in [1.82, 2.24) is 15.0 Å². The number of nitrogens with zero attached hydrogens (tertiary/aromatic N) is 3. The number of pyridine rings is 3. The van der Waals surface area contributed by atoms with E-state index in [4.69, 9.17) is 15.0 Å². The zero-order chi connectivity index (χ0) is 39.6. The van der Waals surface area contributed by atoms with E-state index in [2.05, 4.69) is 212 Å². The Balaban J connectivity index is 0.963. The van der Waals surface area contributed by atoms with Gasteiger partial charge in [0, 0.05) is 38.4 Å². The molecule has 0 aliphatic rings. The van der Waals surface area contributed by atoms with E-state index in [9.17, 15) is 0 Å². The molecule has 278 valence electrons. The molecule has 0 unspecified atom stereocenters. The summed E-state index contributed by atoms with van der Waals surface area (Å²) in [7, 11) is 0. The summed E-state index contributed by atoms with van der Waals surface area (Å²) in [6, 6.07) is 75.8. The van der Waals surface area contributed by atoms with Crippen molar-refractivity contribution < 1.29 is 0 Å². The van der Waals surface area contributed by atoms with E-state index in [-0.39, 0.29) is 0 Å². The Hall–Kier alpha value is -8.01. The number of fused-ring (bicyclic) bond motifs is 7. The number of para-hydroxylation sites is 1. The first kappa shape index (κ1) is 34.1. The van der Waals surface area contributed by atoms with E-state index >= 15 is 0 Å². The van der Waals surface area contributed by atoms with Gasteiger partial charge in [0.2, 0.25) is 0 Å². The zero-order valence-electron chi connectivity index (χ0n) is 32.5. The van der Waals surface area contributed by atoms with Crippen LogP contribution in [0.15, 0.2) is 212 Å². The molecule has 0 aliphatic heterocycles. The largest absolute Gasteiger partial charge is 0.248 e. The minimum atomic E-state index is 0.906. The zero-order valence-corrected chi connectivity index (χ0v) is 32.5. The summed E-state index contributed by atoms with van der Waals surface area (Å²) in [5, 5.41) is 10.5. The summed E-state index contributed by atoms with van der Waals surface area (Å²) in [4.78, 5) is 15.9. The van der Waals surface area contributed by atoms with Crippen molar-refractivity contribution in [2.75, 3.05) is 0 Å². The highest BCUT2D eigenvalue weighted by Crippen LogP contribution is 2.39. The molecule has 0 spiro atoms. The molecule has 0 aliphatic carbocycles. The van der Waals surface area contributed by atoms with Crippen LogP contribution in [0, 0.1) is 0 Å². The van der Waals surface area contributed by atoms with Crippen LogP contribution in [0.5, 0.6) is 0 Å². The Morgan fingerprint density at radius 1 is 0.233 bits per heavy atom. The molecule has 0 amide bonds. The minimum absolute atomic E-state index is 0.906. The monoisotopic (exact) mass is 761 g/mol. The number of hydrogen-bond acceptors (Lipinski definition) is 3. The van der Waals surface area contributed by atoms with Crippen molar-refractivity contribution in [1.29, 1.82) is 0 Å². The standard InChI is InChI=1S/C57H35N3/c1-2-12-38(13-3-1)55-49-16-8-9-17-52(49)60-57-50(55)28-26-39-27-29-51(59-56(39)57)45-24-21-43-33-47(25-22-42(43)32-45)54-35-48(44-20-18-36-10-4-6-14-40(36)30-44)34-53(58-54)46-23-19-37-11-5-7-15-41(37)31-46/h1-35H. The predicted octanol–water partition coefficient (Wildman–Crippen LogP) is 15.1. The lowest BCUT2D eigenvalue weighted by Gasteiger charge is -2.13. The van der Waals surface area contributed by atoms with Gasteiger partial charge in [0.15, 0.2) is 0 Å². The van der Waals surface area contributed by atoms with Crippen LogP contribution < -0.4 is 0 Å². The van der Waals surface area contributed by atoms with Gasteiger partial charge in [0.1, 0.15) is 0 Å². The molecule has 0 atom stereocenters. The average molecular weight is 762 g/mol. The van der Waals surface area contributed by atoms with Crippen molar-refractivity contribution in [2.24, 2.45) is 0 Å². The molecular weight excluding hydrogens is 727 g/mol. The van der Waals surface area contributed by atoms with Gasteiger partial charge in [0.05, 0.1) is 33.6 Å². The van der Waals surface area contributed by atoms with Gasteiger partial charge in [-0.05, 0) is 97.5 Å². The highest BCUT2D eigenvalue weighted by molar-refractivity contribution is 6.16. The van der Waals surface area contributed by atoms with E-state index in [0.29, 0.717) is 0 Å². The van der Waals surface area contributed by atoms with Gasteiger partial charge in [-0.25, -0.2) is 15.0 Å². The van der Waals surface area contributed by atoms with Crippen molar-refractivity contribution in [3.05, 3.63) is 212 Å². The average Bonchev–Trinajstić information content (AvgIpc) is 3.32.